The van der Waals surface area contributed by atoms with Crippen molar-refractivity contribution in [1.82, 2.24) is 15.2 Å². The minimum Gasteiger partial charge on any atom is -0.352 e. The Balaban J connectivity index is 1.84. The minimum atomic E-state index is 0.133. The SMILES string of the molecule is CC(C)NCc1cccn1CC(=O)NC1CCCC1. The highest BCUT2D eigenvalue weighted by molar-refractivity contribution is 5.76. The monoisotopic (exact) mass is 263 g/mol. The van der Waals surface area contributed by atoms with Crippen molar-refractivity contribution in [3.63, 3.8) is 0 Å². The van der Waals surface area contributed by atoms with Gasteiger partial charge in [-0.2, -0.15) is 0 Å². The van der Waals surface area contributed by atoms with Crippen LogP contribution in [0.4, 0.5) is 0 Å². The van der Waals surface area contributed by atoms with Gasteiger partial charge in [0.05, 0.1) is 0 Å². The maximum Gasteiger partial charge on any atom is 0.240 e. The van der Waals surface area contributed by atoms with Crippen molar-refractivity contribution in [3.8, 4) is 0 Å². The first kappa shape index (κ1) is 14.1. The molecule has 0 radical (unpaired) electrons. The number of rotatable bonds is 6. The third kappa shape index (κ3) is 4.39. The summed E-state index contributed by atoms with van der Waals surface area (Å²) in [6.45, 7) is 5.49. The molecule has 2 N–H and O–H groups in total. The van der Waals surface area contributed by atoms with E-state index in [2.05, 4.69) is 30.5 Å². The van der Waals surface area contributed by atoms with Gasteiger partial charge in [-0.05, 0) is 25.0 Å². The van der Waals surface area contributed by atoms with E-state index >= 15 is 0 Å². The third-order valence-corrected chi connectivity index (χ3v) is 3.65. The van der Waals surface area contributed by atoms with Crippen LogP contribution < -0.4 is 10.6 Å². The second-order valence-electron chi connectivity index (χ2n) is 5.71. The molecule has 1 saturated carbocycles. The maximum atomic E-state index is 12.0. The molecule has 19 heavy (non-hydrogen) atoms. The molecule has 1 aliphatic rings. The Bertz CT molecular complexity index is 405. The topological polar surface area (TPSA) is 46.1 Å². The number of hydrogen-bond donors (Lipinski definition) is 2. The Morgan fingerprint density at radius 3 is 2.84 bits per heavy atom. The lowest BCUT2D eigenvalue weighted by Gasteiger charge is -2.15. The summed E-state index contributed by atoms with van der Waals surface area (Å²) in [7, 11) is 0. The summed E-state index contributed by atoms with van der Waals surface area (Å²) in [5.74, 6) is 0.133. The molecule has 0 aliphatic heterocycles. The number of aromatic nitrogens is 1. The van der Waals surface area contributed by atoms with Crippen molar-refractivity contribution in [2.45, 2.75) is 64.7 Å². The molecule has 0 spiro atoms. The van der Waals surface area contributed by atoms with Crippen LogP contribution in [0.15, 0.2) is 18.3 Å². The molecule has 1 fully saturated rings. The molecule has 2 rings (SSSR count). The molecule has 1 aromatic rings. The summed E-state index contributed by atoms with van der Waals surface area (Å²) >= 11 is 0. The van der Waals surface area contributed by atoms with Gasteiger partial charge in [-0.15, -0.1) is 0 Å². The van der Waals surface area contributed by atoms with Crippen molar-refractivity contribution >= 4 is 5.91 Å². The quantitative estimate of drug-likeness (QED) is 0.825. The van der Waals surface area contributed by atoms with E-state index in [0.29, 0.717) is 18.6 Å². The summed E-state index contributed by atoms with van der Waals surface area (Å²) < 4.78 is 2.03. The maximum absolute atomic E-state index is 12.0. The number of hydrogen-bond acceptors (Lipinski definition) is 2. The zero-order valence-electron chi connectivity index (χ0n) is 12.0. The van der Waals surface area contributed by atoms with Gasteiger partial charge in [-0.1, -0.05) is 26.7 Å². The van der Waals surface area contributed by atoms with E-state index in [1.54, 1.807) is 0 Å². The predicted octanol–water partition coefficient (Wildman–Crippen LogP) is 2.04. The molecule has 4 nitrogen and oxygen atoms in total. The first-order chi connectivity index (χ1) is 9.15. The van der Waals surface area contributed by atoms with E-state index < -0.39 is 0 Å². The van der Waals surface area contributed by atoms with E-state index in [-0.39, 0.29) is 5.91 Å². The Morgan fingerprint density at radius 2 is 2.16 bits per heavy atom. The summed E-state index contributed by atoms with van der Waals surface area (Å²) in [6, 6.07) is 4.93. The smallest absolute Gasteiger partial charge is 0.240 e. The molecule has 0 unspecified atom stereocenters. The van der Waals surface area contributed by atoms with Gasteiger partial charge in [0, 0.05) is 30.5 Å². The van der Waals surface area contributed by atoms with Gasteiger partial charge in [0.15, 0.2) is 0 Å². The fourth-order valence-corrected chi connectivity index (χ4v) is 2.57. The summed E-state index contributed by atoms with van der Waals surface area (Å²) in [6.07, 6.45) is 6.75. The summed E-state index contributed by atoms with van der Waals surface area (Å²) in [5, 5.41) is 6.51. The predicted molar refractivity (Wildman–Crippen MR) is 76.8 cm³/mol. The zero-order chi connectivity index (χ0) is 13.7. The van der Waals surface area contributed by atoms with Crippen LogP contribution in [0, 0.1) is 0 Å². The summed E-state index contributed by atoms with van der Waals surface area (Å²) in [5.41, 5.74) is 1.16. The average Bonchev–Trinajstić information content (AvgIpc) is 2.98. The van der Waals surface area contributed by atoms with Crippen LogP contribution in [0.3, 0.4) is 0 Å². The molecule has 1 heterocycles. The zero-order valence-corrected chi connectivity index (χ0v) is 12.0. The van der Waals surface area contributed by atoms with Gasteiger partial charge in [0.1, 0.15) is 6.54 Å². The fraction of sp³-hybridized carbons (Fsp3) is 0.667. The number of carbonyl (C=O) groups excluding carboxylic acids is 1. The first-order valence-corrected chi connectivity index (χ1v) is 7.32. The Kier molecular flexibility index (Phi) is 5.02. The van der Waals surface area contributed by atoms with Crippen LogP contribution in [0.1, 0.15) is 45.2 Å². The number of amides is 1. The molecule has 1 aromatic heterocycles. The Hall–Kier alpha value is -1.29. The Morgan fingerprint density at radius 1 is 1.42 bits per heavy atom. The lowest BCUT2D eigenvalue weighted by Crippen LogP contribution is -2.35. The summed E-state index contributed by atoms with van der Waals surface area (Å²) in [4.78, 5) is 12.0. The number of nitrogens with zero attached hydrogens (tertiary/aromatic N) is 1. The lowest BCUT2D eigenvalue weighted by molar-refractivity contribution is -0.122. The van der Waals surface area contributed by atoms with Crippen LogP contribution in [0.2, 0.25) is 0 Å². The van der Waals surface area contributed by atoms with Gasteiger partial charge >= 0.3 is 0 Å². The van der Waals surface area contributed by atoms with Gasteiger partial charge in [0.2, 0.25) is 5.91 Å². The molecular weight excluding hydrogens is 238 g/mol. The highest BCUT2D eigenvalue weighted by Gasteiger charge is 2.17. The molecule has 106 valence electrons. The van der Waals surface area contributed by atoms with Crippen molar-refractivity contribution in [3.05, 3.63) is 24.0 Å². The first-order valence-electron chi connectivity index (χ1n) is 7.32. The van der Waals surface area contributed by atoms with Crippen LogP contribution in [-0.2, 0) is 17.9 Å². The van der Waals surface area contributed by atoms with Gasteiger partial charge in [0.25, 0.3) is 0 Å². The molecule has 4 heteroatoms. The molecule has 1 amide bonds. The highest BCUT2D eigenvalue weighted by Crippen LogP contribution is 2.17. The van der Waals surface area contributed by atoms with Gasteiger partial charge < -0.3 is 15.2 Å². The molecule has 0 saturated heterocycles. The standard InChI is InChI=1S/C15H25N3O/c1-12(2)16-10-14-8-5-9-18(14)11-15(19)17-13-6-3-4-7-13/h5,8-9,12-13,16H,3-4,6-7,10-11H2,1-2H3,(H,17,19). The second kappa shape index (κ2) is 6.75. The van der Waals surface area contributed by atoms with Crippen molar-refractivity contribution in [1.29, 1.82) is 0 Å². The Labute approximate surface area is 115 Å². The van der Waals surface area contributed by atoms with Crippen LogP contribution in [-0.4, -0.2) is 22.6 Å². The third-order valence-electron chi connectivity index (χ3n) is 3.65. The molecule has 0 bridgehead atoms. The van der Waals surface area contributed by atoms with E-state index in [1.807, 2.05) is 16.8 Å². The van der Waals surface area contributed by atoms with Crippen molar-refractivity contribution in [2.24, 2.45) is 0 Å². The van der Waals surface area contributed by atoms with Gasteiger partial charge in [-0.3, -0.25) is 4.79 Å². The van der Waals surface area contributed by atoms with E-state index in [0.717, 1.165) is 25.1 Å². The van der Waals surface area contributed by atoms with Crippen LogP contribution in [0.5, 0.6) is 0 Å². The number of nitrogens with one attached hydrogen (secondary N) is 2. The van der Waals surface area contributed by atoms with Crippen molar-refractivity contribution < 1.29 is 4.79 Å². The molecular formula is C15H25N3O. The van der Waals surface area contributed by atoms with E-state index in [4.69, 9.17) is 0 Å². The number of carbonyl (C=O) groups is 1. The van der Waals surface area contributed by atoms with Gasteiger partial charge in [-0.25, -0.2) is 0 Å². The molecule has 1 aliphatic carbocycles. The van der Waals surface area contributed by atoms with E-state index in [9.17, 15) is 4.79 Å². The molecule has 0 aromatic carbocycles. The van der Waals surface area contributed by atoms with Crippen LogP contribution in [0.25, 0.3) is 0 Å². The lowest BCUT2D eigenvalue weighted by atomic mass is 10.2. The largest absolute Gasteiger partial charge is 0.352 e. The minimum absolute atomic E-state index is 0.133. The van der Waals surface area contributed by atoms with Crippen LogP contribution >= 0.6 is 0 Å². The van der Waals surface area contributed by atoms with Crippen molar-refractivity contribution in [2.75, 3.05) is 0 Å². The second-order valence-corrected chi connectivity index (χ2v) is 5.71. The highest BCUT2D eigenvalue weighted by atomic mass is 16.2. The fourth-order valence-electron chi connectivity index (χ4n) is 2.57. The molecule has 0 atom stereocenters. The van der Waals surface area contributed by atoms with E-state index in [1.165, 1.54) is 12.8 Å². The average molecular weight is 263 g/mol. The normalized spacial score (nSPS) is 16.2.